The summed E-state index contributed by atoms with van der Waals surface area (Å²) in [5.74, 6) is -5.08. The lowest BCUT2D eigenvalue weighted by molar-refractivity contribution is -0.110. The molecular weight excluding hydrogens is 535 g/mol. The van der Waals surface area contributed by atoms with Crippen molar-refractivity contribution in [3.63, 3.8) is 0 Å². The second kappa shape index (κ2) is 10.8. The summed E-state index contributed by atoms with van der Waals surface area (Å²) < 4.78 is 51.6. The highest BCUT2D eigenvalue weighted by Gasteiger charge is 2.46. The maximum atomic E-state index is 15.1. The second-order valence-electron chi connectivity index (χ2n) is 12.0. The van der Waals surface area contributed by atoms with Gasteiger partial charge in [-0.05, 0) is 88.3 Å². The number of ether oxygens (including phenoxy) is 1. The molecular formula is C30H34F3N5O3. The minimum Gasteiger partial charge on any atom is -0.444 e. The molecule has 2 fully saturated rings. The molecule has 1 N–H and O–H groups in total. The summed E-state index contributed by atoms with van der Waals surface area (Å²) in [6, 6.07) is 4.73. The molecule has 11 heteroatoms. The van der Waals surface area contributed by atoms with Gasteiger partial charge in [0.1, 0.15) is 11.4 Å². The number of carbonyl (C=O) groups is 2. The van der Waals surface area contributed by atoms with Gasteiger partial charge in [-0.15, -0.1) is 0 Å². The normalized spacial score (nSPS) is 18.7. The van der Waals surface area contributed by atoms with Gasteiger partial charge in [0.15, 0.2) is 0 Å². The van der Waals surface area contributed by atoms with E-state index in [-0.39, 0.29) is 31.0 Å². The molecule has 1 aliphatic heterocycles. The molecule has 1 aliphatic carbocycles. The smallest absolute Gasteiger partial charge is 0.410 e. The van der Waals surface area contributed by atoms with Crippen molar-refractivity contribution < 1.29 is 27.5 Å². The molecule has 0 radical (unpaired) electrons. The lowest BCUT2D eigenvalue weighted by Crippen LogP contribution is -2.52. The Hall–Kier alpha value is -3.89. The Balaban J connectivity index is 1.30. The highest BCUT2D eigenvalue weighted by atomic mass is 19.3. The minimum atomic E-state index is -3.09. The second-order valence-corrected chi connectivity index (χ2v) is 12.0. The summed E-state index contributed by atoms with van der Waals surface area (Å²) in [4.78, 5) is 30.2. The van der Waals surface area contributed by atoms with E-state index in [1.165, 1.54) is 12.1 Å². The van der Waals surface area contributed by atoms with Crippen molar-refractivity contribution >= 4 is 12.0 Å². The molecule has 1 saturated carbocycles. The fraction of sp³-hybridized carbons (Fsp3) is 0.467. The predicted molar refractivity (Wildman–Crippen MR) is 147 cm³/mol. The minimum absolute atomic E-state index is 0.0208. The zero-order chi connectivity index (χ0) is 29.5. The third-order valence-corrected chi connectivity index (χ3v) is 7.29. The van der Waals surface area contributed by atoms with Crippen LogP contribution in [-0.2, 0) is 11.2 Å². The lowest BCUT2D eigenvalue weighted by atomic mass is 9.87. The van der Waals surface area contributed by atoms with Crippen molar-refractivity contribution in [2.75, 3.05) is 13.1 Å². The van der Waals surface area contributed by atoms with Crippen LogP contribution in [0.15, 0.2) is 43.0 Å². The fourth-order valence-corrected chi connectivity index (χ4v) is 4.97. The van der Waals surface area contributed by atoms with E-state index in [0.29, 0.717) is 27.9 Å². The van der Waals surface area contributed by atoms with Crippen molar-refractivity contribution in [1.29, 1.82) is 0 Å². The zero-order valence-corrected chi connectivity index (χ0v) is 23.6. The van der Waals surface area contributed by atoms with Crippen LogP contribution in [0, 0.1) is 18.7 Å². The number of aryl methyl sites for hydroxylation is 1. The van der Waals surface area contributed by atoms with Gasteiger partial charge in [-0.2, -0.15) is 5.10 Å². The predicted octanol–water partition coefficient (Wildman–Crippen LogP) is 5.71. The number of nitrogens with zero attached hydrogens (tertiary/aromatic N) is 4. The molecule has 0 spiro atoms. The Morgan fingerprint density at radius 2 is 1.88 bits per heavy atom. The van der Waals surface area contributed by atoms with E-state index in [0.717, 1.165) is 17.7 Å². The van der Waals surface area contributed by atoms with E-state index in [1.54, 1.807) is 63.2 Å². The molecule has 1 saturated heterocycles. The van der Waals surface area contributed by atoms with Crippen LogP contribution in [-0.4, -0.2) is 62.3 Å². The van der Waals surface area contributed by atoms with Crippen molar-refractivity contribution in [2.24, 2.45) is 5.92 Å². The highest BCUT2D eigenvalue weighted by Crippen LogP contribution is 2.36. The number of carbonyl (C=O) groups excluding carboxylic acids is 2. The van der Waals surface area contributed by atoms with Crippen molar-refractivity contribution in [3.8, 4) is 16.8 Å². The number of hydrogen-bond acceptors (Lipinski definition) is 5. The summed E-state index contributed by atoms with van der Waals surface area (Å²) in [5, 5.41) is 7.23. The average molecular weight is 570 g/mol. The first-order valence-corrected chi connectivity index (χ1v) is 13.8. The molecule has 1 unspecified atom stereocenters. The Bertz CT molecular complexity index is 1460. The van der Waals surface area contributed by atoms with Gasteiger partial charge < -0.3 is 15.0 Å². The monoisotopic (exact) mass is 569 g/mol. The SMILES string of the molecule is Cc1cc(F)c(C(=O)NC2CC2)cc1-c1cnn(-c2cncc(CC3CCN(C(=O)OC(C)(C)C)CC3(F)F)c2)c1. The highest BCUT2D eigenvalue weighted by molar-refractivity contribution is 5.96. The molecule has 2 amide bonds. The maximum absolute atomic E-state index is 15.1. The standard InChI is InChI=1S/C30H34F3N5O3/c1-18-9-26(31)25(27(39)36-22-5-6-22)12-24(18)20-14-35-38(16-20)23-11-19(13-34-15-23)10-21-7-8-37(17-30(21,32)33)28(40)41-29(2,3)4/h9,11-16,21-22H,5-8,10,17H2,1-4H3,(H,36,39). The fourth-order valence-electron chi connectivity index (χ4n) is 4.97. The summed E-state index contributed by atoms with van der Waals surface area (Å²) in [6.07, 6.45) is 7.75. The number of nitrogens with one attached hydrogen (secondary N) is 1. The van der Waals surface area contributed by atoms with Gasteiger partial charge in [-0.25, -0.2) is 22.6 Å². The number of aromatic nitrogens is 3. The first-order valence-electron chi connectivity index (χ1n) is 13.8. The van der Waals surface area contributed by atoms with Crippen LogP contribution in [0.3, 0.4) is 0 Å². The Kier molecular flexibility index (Phi) is 7.56. The molecule has 8 nitrogen and oxygen atoms in total. The average Bonchev–Trinajstić information content (AvgIpc) is 3.56. The molecule has 218 valence electrons. The van der Waals surface area contributed by atoms with Gasteiger partial charge in [0.05, 0.1) is 30.2 Å². The number of likely N-dealkylation sites (tertiary alicyclic amines) is 1. The van der Waals surface area contributed by atoms with Gasteiger partial charge in [-0.3, -0.25) is 9.78 Å². The number of piperidine rings is 1. The van der Waals surface area contributed by atoms with E-state index in [9.17, 15) is 14.0 Å². The topological polar surface area (TPSA) is 89.4 Å². The quantitative estimate of drug-likeness (QED) is 0.411. The third kappa shape index (κ3) is 6.71. The Labute approximate surface area is 236 Å². The number of benzene rings is 1. The van der Waals surface area contributed by atoms with Crippen molar-refractivity contribution in [2.45, 2.75) is 70.9 Å². The molecule has 1 atom stereocenters. The van der Waals surface area contributed by atoms with Crippen LogP contribution in [0.2, 0.25) is 0 Å². The first-order chi connectivity index (χ1) is 19.3. The maximum Gasteiger partial charge on any atom is 0.410 e. The molecule has 1 aromatic carbocycles. The molecule has 41 heavy (non-hydrogen) atoms. The molecule has 3 heterocycles. The van der Waals surface area contributed by atoms with Crippen LogP contribution in [0.4, 0.5) is 18.0 Å². The number of amides is 2. The van der Waals surface area contributed by atoms with Gasteiger partial charge in [-0.1, -0.05) is 0 Å². The number of hydrogen-bond donors (Lipinski definition) is 1. The third-order valence-electron chi connectivity index (χ3n) is 7.29. The Morgan fingerprint density at radius 3 is 2.56 bits per heavy atom. The number of alkyl halides is 2. The van der Waals surface area contributed by atoms with Gasteiger partial charge in [0.25, 0.3) is 11.8 Å². The van der Waals surface area contributed by atoms with Crippen LogP contribution >= 0.6 is 0 Å². The molecule has 0 bridgehead atoms. The van der Waals surface area contributed by atoms with E-state index in [1.807, 2.05) is 0 Å². The van der Waals surface area contributed by atoms with Crippen molar-refractivity contribution in [1.82, 2.24) is 25.0 Å². The van der Waals surface area contributed by atoms with E-state index < -0.39 is 41.8 Å². The molecule has 5 rings (SSSR count). The van der Waals surface area contributed by atoms with Gasteiger partial charge >= 0.3 is 6.09 Å². The Morgan fingerprint density at radius 1 is 1.12 bits per heavy atom. The molecule has 2 aromatic heterocycles. The number of halogens is 3. The van der Waals surface area contributed by atoms with Crippen LogP contribution in [0.5, 0.6) is 0 Å². The van der Waals surface area contributed by atoms with Gasteiger partial charge in [0, 0.05) is 36.5 Å². The van der Waals surface area contributed by atoms with Crippen LogP contribution in [0.25, 0.3) is 16.8 Å². The summed E-state index contributed by atoms with van der Waals surface area (Å²) in [6.45, 7) is 6.35. The summed E-state index contributed by atoms with van der Waals surface area (Å²) in [5.41, 5.74) is 2.41. The molecule has 3 aromatic rings. The lowest BCUT2D eigenvalue weighted by Gasteiger charge is -2.38. The van der Waals surface area contributed by atoms with Gasteiger partial charge in [0.2, 0.25) is 0 Å². The van der Waals surface area contributed by atoms with Crippen molar-refractivity contribution in [3.05, 3.63) is 65.5 Å². The largest absolute Gasteiger partial charge is 0.444 e. The van der Waals surface area contributed by atoms with Crippen LogP contribution < -0.4 is 5.32 Å². The van der Waals surface area contributed by atoms with E-state index >= 15 is 8.78 Å². The summed E-state index contributed by atoms with van der Waals surface area (Å²) in [7, 11) is 0. The first kappa shape index (κ1) is 28.6. The summed E-state index contributed by atoms with van der Waals surface area (Å²) >= 11 is 0. The van der Waals surface area contributed by atoms with E-state index in [2.05, 4.69) is 15.4 Å². The van der Waals surface area contributed by atoms with Crippen LogP contribution in [0.1, 0.15) is 61.5 Å². The molecule has 2 aliphatic rings. The number of rotatable bonds is 6. The zero-order valence-electron chi connectivity index (χ0n) is 23.6. The number of pyridine rings is 1. The van der Waals surface area contributed by atoms with E-state index in [4.69, 9.17) is 4.74 Å².